The van der Waals surface area contributed by atoms with Gasteiger partial charge in [0.1, 0.15) is 11.4 Å². The highest BCUT2D eigenvalue weighted by Gasteiger charge is 2.49. The van der Waals surface area contributed by atoms with Gasteiger partial charge in [-0.2, -0.15) is 0 Å². The van der Waals surface area contributed by atoms with Crippen molar-refractivity contribution in [2.75, 3.05) is 33.4 Å². The molecule has 2 saturated heterocycles. The maximum absolute atomic E-state index is 12.5. The summed E-state index contributed by atoms with van der Waals surface area (Å²) >= 11 is 0. The molecule has 0 unspecified atom stereocenters. The third-order valence-electron chi connectivity index (χ3n) is 4.42. The first-order chi connectivity index (χ1) is 10.7. The highest BCUT2D eigenvalue weighted by Crippen LogP contribution is 2.36. The smallest absolute Gasteiger partial charge is 0.254 e. The van der Waals surface area contributed by atoms with Crippen molar-refractivity contribution in [1.82, 2.24) is 4.90 Å². The van der Waals surface area contributed by atoms with Crippen LogP contribution in [0, 0.1) is 0 Å². The number of methoxy groups -OCH3 is 1. The SMILES string of the molecule is CCOc1cccc(C(=O)N2CC3(C[C@H](OC)CCO3)C2)c1. The van der Waals surface area contributed by atoms with Gasteiger partial charge in [0, 0.05) is 25.7 Å². The minimum absolute atomic E-state index is 0.0373. The van der Waals surface area contributed by atoms with Crippen molar-refractivity contribution in [2.24, 2.45) is 0 Å². The monoisotopic (exact) mass is 305 g/mol. The molecule has 1 amide bonds. The number of likely N-dealkylation sites (tertiary alicyclic amines) is 1. The maximum Gasteiger partial charge on any atom is 0.254 e. The second kappa shape index (κ2) is 6.26. The molecule has 120 valence electrons. The van der Waals surface area contributed by atoms with Gasteiger partial charge in [0.05, 0.1) is 25.8 Å². The molecule has 0 saturated carbocycles. The zero-order valence-electron chi connectivity index (χ0n) is 13.2. The molecular formula is C17H23NO4. The summed E-state index contributed by atoms with van der Waals surface area (Å²) in [5.74, 6) is 0.771. The van der Waals surface area contributed by atoms with Gasteiger partial charge in [-0.25, -0.2) is 0 Å². The third-order valence-corrected chi connectivity index (χ3v) is 4.42. The molecule has 5 nitrogen and oxygen atoms in total. The van der Waals surface area contributed by atoms with E-state index in [1.165, 1.54) is 0 Å². The highest BCUT2D eigenvalue weighted by molar-refractivity contribution is 5.95. The fourth-order valence-corrected chi connectivity index (χ4v) is 3.27. The van der Waals surface area contributed by atoms with E-state index in [9.17, 15) is 4.79 Å². The molecule has 0 aromatic heterocycles. The Labute approximate surface area is 131 Å². The van der Waals surface area contributed by atoms with Gasteiger partial charge in [0.2, 0.25) is 0 Å². The van der Waals surface area contributed by atoms with E-state index in [0.29, 0.717) is 31.9 Å². The fourth-order valence-electron chi connectivity index (χ4n) is 3.27. The number of amides is 1. The van der Waals surface area contributed by atoms with E-state index >= 15 is 0 Å². The van der Waals surface area contributed by atoms with E-state index in [4.69, 9.17) is 14.2 Å². The minimum Gasteiger partial charge on any atom is -0.494 e. The van der Waals surface area contributed by atoms with E-state index < -0.39 is 0 Å². The molecule has 1 aromatic rings. The van der Waals surface area contributed by atoms with Crippen LogP contribution in [0.4, 0.5) is 0 Å². The molecule has 22 heavy (non-hydrogen) atoms. The summed E-state index contributed by atoms with van der Waals surface area (Å²) < 4.78 is 16.8. The summed E-state index contributed by atoms with van der Waals surface area (Å²) in [5.41, 5.74) is 0.464. The minimum atomic E-state index is -0.202. The van der Waals surface area contributed by atoms with Gasteiger partial charge in [-0.1, -0.05) is 6.07 Å². The van der Waals surface area contributed by atoms with E-state index in [1.54, 1.807) is 13.2 Å². The fraction of sp³-hybridized carbons (Fsp3) is 0.588. The zero-order valence-corrected chi connectivity index (χ0v) is 13.2. The van der Waals surface area contributed by atoms with Crippen molar-refractivity contribution < 1.29 is 19.0 Å². The number of nitrogens with zero attached hydrogens (tertiary/aromatic N) is 1. The predicted molar refractivity (Wildman–Crippen MR) is 82.2 cm³/mol. The summed E-state index contributed by atoms with van der Waals surface area (Å²) in [6, 6.07) is 7.35. The van der Waals surface area contributed by atoms with E-state index in [2.05, 4.69) is 0 Å². The molecule has 0 bridgehead atoms. The number of rotatable bonds is 4. The molecule has 0 radical (unpaired) electrons. The predicted octanol–water partition coefficient (Wildman–Crippen LogP) is 2.11. The Morgan fingerprint density at radius 3 is 3.00 bits per heavy atom. The summed E-state index contributed by atoms with van der Waals surface area (Å²) in [6.07, 6.45) is 2.04. The normalized spacial score (nSPS) is 23.2. The first-order valence-corrected chi connectivity index (χ1v) is 7.85. The summed E-state index contributed by atoms with van der Waals surface area (Å²) in [7, 11) is 1.74. The lowest BCUT2D eigenvalue weighted by molar-refractivity contribution is -0.181. The van der Waals surface area contributed by atoms with Gasteiger partial charge in [0.25, 0.3) is 5.91 Å². The topological polar surface area (TPSA) is 48.0 Å². The van der Waals surface area contributed by atoms with Crippen molar-refractivity contribution in [3.05, 3.63) is 29.8 Å². The Bertz CT molecular complexity index is 539. The van der Waals surface area contributed by atoms with Gasteiger partial charge < -0.3 is 19.1 Å². The molecule has 5 heteroatoms. The zero-order chi connectivity index (χ0) is 15.6. The van der Waals surface area contributed by atoms with Gasteiger partial charge in [0.15, 0.2) is 0 Å². The molecular weight excluding hydrogens is 282 g/mol. The van der Waals surface area contributed by atoms with Crippen LogP contribution >= 0.6 is 0 Å². The Morgan fingerprint density at radius 1 is 1.45 bits per heavy atom. The first kappa shape index (κ1) is 15.3. The van der Waals surface area contributed by atoms with Crippen LogP contribution in [-0.4, -0.2) is 55.9 Å². The van der Waals surface area contributed by atoms with Crippen LogP contribution in [0.3, 0.4) is 0 Å². The standard InChI is InChI=1S/C17H23NO4/c1-3-21-14-6-4-5-13(9-14)16(19)18-11-17(12-18)10-15(20-2)7-8-22-17/h4-6,9,15H,3,7-8,10-12H2,1-2H3/t15-/m1/s1. The average Bonchev–Trinajstić information content (AvgIpc) is 2.52. The highest BCUT2D eigenvalue weighted by atomic mass is 16.5. The third kappa shape index (κ3) is 2.96. The summed E-state index contributed by atoms with van der Waals surface area (Å²) in [4.78, 5) is 14.4. The molecule has 3 rings (SSSR count). The molecule has 2 aliphatic heterocycles. The van der Waals surface area contributed by atoms with Gasteiger partial charge in [-0.3, -0.25) is 4.79 Å². The van der Waals surface area contributed by atoms with Gasteiger partial charge >= 0.3 is 0 Å². The molecule has 0 aliphatic carbocycles. The lowest BCUT2D eigenvalue weighted by atomic mass is 9.84. The van der Waals surface area contributed by atoms with Crippen LogP contribution in [0.1, 0.15) is 30.1 Å². The lowest BCUT2D eigenvalue weighted by Crippen LogP contribution is -2.67. The number of carbonyl (C=O) groups is 1. The Morgan fingerprint density at radius 2 is 2.27 bits per heavy atom. The van der Waals surface area contributed by atoms with E-state index in [-0.39, 0.29) is 17.6 Å². The van der Waals surface area contributed by atoms with Crippen molar-refractivity contribution >= 4 is 5.91 Å². The number of carbonyl (C=O) groups excluding carboxylic acids is 1. The molecule has 1 atom stereocenters. The largest absolute Gasteiger partial charge is 0.494 e. The van der Waals surface area contributed by atoms with Crippen LogP contribution in [0.5, 0.6) is 5.75 Å². The summed E-state index contributed by atoms with van der Waals surface area (Å²) in [6.45, 7) is 4.52. The van der Waals surface area contributed by atoms with E-state index in [1.807, 2.05) is 30.0 Å². The maximum atomic E-state index is 12.5. The summed E-state index contributed by atoms with van der Waals surface area (Å²) in [5, 5.41) is 0. The molecule has 0 N–H and O–H groups in total. The number of hydrogen-bond donors (Lipinski definition) is 0. The Balaban J connectivity index is 1.62. The van der Waals surface area contributed by atoms with Crippen LogP contribution in [-0.2, 0) is 9.47 Å². The Kier molecular flexibility index (Phi) is 4.36. The average molecular weight is 305 g/mol. The van der Waals surface area contributed by atoms with Crippen LogP contribution in [0.15, 0.2) is 24.3 Å². The van der Waals surface area contributed by atoms with Crippen LogP contribution in [0.2, 0.25) is 0 Å². The molecule has 1 spiro atoms. The van der Waals surface area contributed by atoms with Crippen LogP contribution < -0.4 is 4.74 Å². The van der Waals surface area contributed by atoms with Crippen molar-refractivity contribution in [3.63, 3.8) is 0 Å². The number of benzene rings is 1. The second-order valence-electron chi connectivity index (χ2n) is 6.00. The number of ether oxygens (including phenoxy) is 3. The lowest BCUT2D eigenvalue weighted by Gasteiger charge is -2.52. The van der Waals surface area contributed by atoms with Gasteiger partial charge in [-0.15, -0.1) is 0 Å². The molecule has 2 fully saturated rings. The first-order valence-electron chi connectivity index (χ1n) is 7.85. The van der Waals surface area contributed by atoms with Gasteiger partial charge in [-0.05, 0) is 31.5 Å². The molecule has 2 aliphatic rings. The van der Waals surface area contributed by atoms with Crippen molar-refractivity contribution in [3.8, 4) is 5.75 Å². The Hall–Kier alpha value is -1.59. The van der Waals surface area contributed by atoms with E-state index in [0.717, 1.165) is 18.6 Å². The second-order valence-corrected chi connectivity index (χ2v) is 6.00. The van der Waals surface area contributed by atoms with Crippen molar-refractivity contribution in [2.45, 2.75) is 31.5 Å². The van der Waals surface area contributed by atoms with Crippen LogP contribution in [0.25, 0.3) is 0 Å². The molecule has 1 aromatic carbocycles. The molecule has 2 heterocycles. The van der Waals surface area contributed by atoms with Crippen molar-refractivity contribution in [1.29, 1.82) is 0 Å². The quantitative estimate of drug-likeness (QED) is 0.855. The number of hydrogen-bond acceptors (Lipinski definition) is 4.